The largest absolute Gasteiger partial charge is 0.494 e. The Morgan fingerprint density at radius 3 is 1.80 bits per heavy atom. The lowest BCUT2D eigenvalue weighted by Crippen LogP contribution is -2.52. The molecule has 10 nitrogen and oxygen atoms in total. The number of carbonyl (C=O) groups excluding carboxylic acids is 2. The first-order valence-electron chi connectivity index (χ1n) is 17.4. The number of hydrogen-bond acceptors (Lipinski definition) is 8. The number of carbonyl (C=O) groups is 2. The molecule has 2 heterocycles. The maximum absolute atomic E-state index is 16.0. The molecule has 0 saturated carbocycles. The zero-order valence-corrected chi connectivity index (χ0v) is 29.7. The van der Waals surface area contributed by atoms with Crippen molar-refractivity contribution in [3.8, 4) is 11.5 Å². The van der Waals surface area contributed by atoms with Gasteiger partial charge >= 0.3 is 0 Å². The van der Waals surface area contributed by atoms with E-state index < -0.39 is 41.2 Å². The Kier molecular flexibility index (Phi) is 10.8. The van der Waals surface area contributed by atoms with Crippen LogP contribution in [0.3, 0.4) is 0 Å². The number of rotatable bonds is 11. The number of nitrogens with two attached hydrogens (primary N) is 1. The third-order valence-corrected chi connectivity index (χ3v) is 10.3. The molecule has 3 aromatic rings. The second-order valence-corrected chi connectivity index (χ2v) is 13.3. The van der Waals surface area contributed by atoms with Gasteiger partial charge < -0.3 is 34.5 Å². The average molecular weight is 705 g/mol. The number of nitrogens with zero attached hydrogens (tertiary/aromatic N) is 3. The molecule has 3 aliphatic rings. The summed E-state index contributed by atoms with van der Waals surface area (Å²) in [4.78, 5) is 35.0. The van der Waals surface area contributed by atoms with Crippen LogP contribution in [0.2, 0.25) is 0 Å². The molecule has 0 bridgehead atoms. The van der Waals surface area contributed by atoms with Crippen LogP contribution in [0.1, 0.15) is 36.0 Å². The lowest BCUT2D eigenvalue weighted by molar-refractivity contribution is -0.130. The van der Waals surface area contributed by atoms with Crippen LogP contribution in [0, 0.1) is 31.4 Å². The Balaban J connectivity index is 1.64. The fourth-order valence-electron chi connectivity index (χ4n) is 7.76. The Hall–Kier alpha value is -4.68. The minimum absolute atomic E-state index is 0.148. The summed E-state index contributed by atoms with van der Waals surface area (Å²) in [6.07, 6.45) is 4.48. The molecule has 2 N–H and O–H groups in total. The van der Waals surface area contributed by atoms with Gasteiger partial charge in [-0.3, -0.25) is 14.5 Å². The molecule has 2 unspecified atom stereocenters. The molecule has 2 saturated heterocycles. The van der Waals surface area contributed by atoms with Crippen molar-refractivity contribution in [3.63, 3.8) is 0 Å². The number of morpholine rings is 2. The Bertz CT molecular complexity index is 1730. The van der Waals surface area contributed by atoms with Crippen molar-refractivity contribution in [2.45, 2.75) is 38.5 Å². The van der Waals surface area contributed by atoms with Gasteiger partial charge in [-0.25, -0.2) is 8.78 Å². The molecule has 51 heavy (non-hydrogen) atoms. The van der Waals surface area contributed by atoms with Crippen molar-refractivity contribution < 1.29 is 37.3 Å². The van der Waals surface area contributed by atoms with E-state index in [1.54, 1.807) is 19.1 Å². The van der Waals surface area contributed by atoms with Crippen molar-refractivity contribution in [3.05, 3.63) is 82.9 Å². The summed E-state index contributed by atoms with van der Waals surface area (Å²) in [5.41, 5.74) is 8.46. The lowest BCUT2D eigenvalue weighted by atomic mass is 9.66. The number of primary amides is 1. The summed E-state index contributed by atoms with van der Waals surface area (Å²) < 4.78 is 52.9. The Labute approximate surface area is 297 Å². The highest BCUT2D eigenvalue weighted by Gasteiger charge is 2.52. The highest BCUT2D eigenvalue weighted by Crippen LogP contribution is 2.51. The van der Waals surface area contributed by atoms with Crippen LogP contribution in [-0.4, -0.2) is 78.6 Å². The zero-order chi connectivity index (χ0) is 36.3. The second kappa shape index (κ2) is 15.3. The molecule has 2 amide bonds. The molecule has 6 rings (SSSR count). The molecule has 1 aliphatic carbocycles. The Morgan fingerprint density at radius 2 is 1.37 bits per heavy atom. The van der Waals surface area contributed by atoms with Gasteiger partial charge in [0.25, 0.3) is 0 Å². The van der Waals surface area contributed by atoms with Crippen molar-refractivity contribution in [2.24, 2.45) is 11.7 Å². The SMILES string of the molecule is COc1cc(N2CCOCC2)cc(C)c1N(C(=O)C(CC(N)=O)(c1ccc(F)c(F)c1)C1C=CCC1)c1c(C)cc(N2CCOCC2)cc1OC. The average Bonchev–Trinajstić information content (AvgIpc) is 3.69. The summed E-state index contributed by atoms with van der Waals surface area (Å²) in [5.74, 6) is -3.26. The first kappa shape index (κ1) is 36.1. The van der Waals surface area contributed by atoms with Gasteiger partial charge in [0.05, 0.1) is 57.4 Å². The van der Waals surface area contributed by atoms with E-state index in [0.29, 0.717) is 99.4 Å². The van der Waals surface area contributed by atoms with Gasteiger partial charge in [-0.05, 0) is 73.6 Å². The molecular formula is C39H46F2N4O6. The van der Waals surface area contributed by atoms with Gasteiger partial charge in [0.2, 0.25) is 11.8 Å². The monoisotopic (exact) mass is 704 g/mol. The molecule has 2 fully saturated rings. The van der Waals surface area contributed by atoms with E-state index in [9.17, 15) is 9.18 Å². The third-order valence-electron chi connectivity index (χ3n) is 10.3. The van der Waals surface area contributed by atoms with Crippen LogP contribution < -0.4 is 29.9 Å². The van der Waals surface area contributed by atoms with Gasteiger partial charge in [0.1, 0.15) is 11.5 Å². The van der Waals surface area contributed by atoms with E-state index in [1.807, 2.05) is 50.3 Å². The standard InChI is InChI=1S/C39H46F2N4O6/c1-25-19-29(43-11-15-50-16-12-43)22-33(48-3)36(25)45(37-26(2)20-30(23-34(37)49-4)44-13-17-51-18-14-44)38(47)39(24-35(42)46,27-7-5-6-8-27)28-9-10-31(40)32(41)21-28/h5,7,9-10,19-23,27H,6,8,11-18,24H2,1-4H3,(H2,42,46). The van der Waals surface area contributed by atoms with Crippen LogP contribution >= 0.6 is 0 Å². The molecule has 272 valence electrons. The molecule has 12 heteroatoms. The van der Waals surface area contributed by atoms with E-state index in [-0.39, 0.29) is 5.56 Å². The normalized spacial score (nSPS) is 18.7. The first-order valence-corrected chi connectivity index (χ1v) is 17.4. The molecule has 0 spiro atoms. The highest BCUT2D eigenvalue weighted by atomic mass is 19.2. The predicted octanol–water partition coefficient (Wildman–Crippen LogP) is 5.72. The van der Waals surface area contributed by atoms with Crippen LogP contribution in [0.15, 0.2) is 54.6 Å². The number of methoxy groups -OCH3 is 2. The smallest absolute Gasteiger partial charge is 0.243 e. The second-order valence-electron chi connectivity index (χ2n) is 13.3. The third kappa shape index (κ3) is 6.99. The summed E-state index contributed by atoms with van der Waals surface area (Å²) in [5, 5.41) is 0. The highest BCUT2D eigenvalue weighted by molar-refractivity contribution is 6.12. The Morgan fingerprint density at radius 1 is 0.843 bits per heavy atom. The number of aryl methyl sites for hydroxylation is 2. The molecule has 0 radical (unpaired) electrons. The summed E-state index contributed by atoms with van der Waals surface area (Å²) in [7, 11) is 3.09. The minimum Gasteiger partial charge on any atom is -0.494 e. The van der Waals surface area contributed by atoms with Gasteiger partial charge in [-0.2, -0.15) is 0 Å². The molecule has 2 atom stereocenters. The number of halogens is 2. The van der Waals surface area contributed by atoms with Crippen LogP contribution in [0.25, 0.3) is 0 Å². The first-order chi connectivity index (χ1) is 24.6. The lowest BCUT2D eigenvalue weighted by Gasteiger charge is -2.42. The number of allylic oxidation sites excluding steroid dienone is 2. The fraction of sp³-hybridized carbons (Fsp3) is 0.436. The van der Waals surface area contributed by atoms with E-state index in [0.717, 1.165) is 23.5 Å². The van der Waals surface area contributed by atoms with E-state index in [1.165, 1.54) is 6.07 Å². The van der Waals surface area contributed by atoms with Crippen LogP contribution in [-0.2, 0) is 24.5 Å². The minimum atomic E-state index is -1.73. The topological polar surface area (TPSA) is 107 Å². The maximum atomic E-state index is 16.0. The molecule has 3 aromatic carbocycles. The maximum Gasteiger partial charge on any atom is 0.243 e. The van der Waals surface area contributed by atoms with Gasteiger partial charge in [0.15, 0.2) is 11.6 Å². The van der Waals surface area contributed by atoms with Crippen molar-refractivity contribution in [1.29, 1.82) is 0 Å². The molecule has 0 aromatic heterocycles. The number of ether oxygens (including phenoxy) is 4. The quantitative estimate of drug-likeness (QED) is 0.253. The molecule has 2 aliphatic heterocycles. The fourth-order valence-corrected chi connectivity index (χ4v) is 7.76. The zero-order valence-electron chi connectivity index (χ0n) is 29.7. The van der Waals surface area contributed by atoms with Crippen molar-refractivity contribution in [1.82, 2.24) is 0 Å². The van der Waals surface area contributed by atoms with Gasteiger partial charge in [-0.15, -0.1) is 0 Å². The van der Waals surface area contributed by atoms with Gasteiger partial charge in [-0.1, -0.05) is 18.2 Å². The summed E-state index contributed by atoms with van der Waals surface area (Å²) >= 11 is 0. The van der Waals surface area contributed by atoms with Crippen molar-refractivity contribution in [2.75, 3.05) is 81.5 Å². The number of anilines is 4. The van der Waals surface area contributed by atoms with Gasteiger partial charge in [0, 0.05) is 56.1 Å². The van der Waals surface area contributed by atoms with E-state index in [2.05, 4.69) is 9.80 Å². The number of benzene rings is 3. The van der Waals surface area contributed by atoms with Crippen molar-refractivity contribution >= 4 is 34.6 Å². The summed E-state index contributed by atoms with van der Waals surface area (Å²) in [6, 6.07) is 11.1. The van der Waals surface area contributed by atoms with Crippen LogP contribution in [0.4, 0.5) is 31.5 Å². The summed E-state index contributed by atoms with van der Waals surface area (Å²) in [6.45, 7) is 8.87. The molecular weight excluding hydrogens is 658 g/mol. The van der Waals surface area contributed by atoms with E-state index >= 15 is 9.18 Å². The van der Waals surface area contributed by atoms with E-state index in [4.69, 9.17) is 24.7 Å². The number of hydrogen-bond donors (Lipinski definition) is 1. The number of amides is 2. The van der Waals surface area contributed by atoms with Crippen LogP contribution in [0.5, 0.6) is 11.5 Å². The predicted molar refractivity (Wildman–Crippen MR) is 192 cm³/mol.